The second-order valence-corrected chi connectivity index (χ2v) is 8.33. The lowest BCUT2D eigenvalue weighted by molar-refractivity contribution is -0.113. The summed E-state index contributed by atoms with van der Waals surface area (Å²) in [6.45, 7) is 2.46. The Bertz CT molecular complexity index is 1030. The highest BCUT2D eigenvalue weighted by Crippen LogP contribution is 2.27. The molecule has 2 amide bonds. The van der Waals surface area contributed by atoms with E-state index in [2.05, 4.69) is 20.8 Å². The molecule has 2 N–H and O–H groups in total. The first-order valence-electron chi connectivity index (χ1n) is 8.70. The maximum atomic E-state index is 13.8. The average Bonchev–Trinajstić information content (AvgIpc) is 3.15. The van der Waals surface area contributed by atoms with Gasteiger partial charge in [-0.1, -0.05) is 40.8 Å². The summed E-state index contributed by atoms with van der Waals surface area (Å²) in [6.07, 6.45) is 0. The Balaban J connectivity index is 1.51. The summed E-state index contributed by atoms with van der Waals surface area (Å²) in [6, 6.07) is 11.0. The molecule has 0 spiro atoms. The van der Waals surface area contributed by atoms with E-state index in [0.29, 0.717) is 16.6 Å². The highest BCUT2D eigenvalue weighted by Gasteiger charge is 2.18. The van der Waals surface area contributed by atoms with Crippen molar-refractivity contribution in [2.75, 3.05) is 23.0 Å². The van der Waals surface area contributed by atoms with E-state index in [0.717, 1.165) is 23.2 Å². The van der Waals surface area contributed by atoms with Crippen LogP contribution in [0.4, 0.5) is 15.2 Å². The Labute approximate surface area is 185 Å². The summed E-state index contributed by atoms with van der Waals surface area (Å²) in [5.41, 5.74) is 0.384. The topological polar surface area (TPSA) is 93.2 Å². The number of rotatable bonds is 8. The third kappa shape index (κ3) is 5.91. The van der Waals surface area contributed by atoms with Crippen molar-refractivity contribution in [3.05, 3.63) is 58.9 Å². The summed E-state index contributed by atoms with van der Waals surface area (Å²) in [5, 5.41) is 13.1. The van der Waals surface area contributed by atoms with Gasteiger partial charge in [0.1, 0.15) is 11.6 Å². The number of thioether (sulfide) groups is 1. The van der Waals surface area contributed by atoms with Crippen molar-refractivity contribution in [1.82, 2.24) is 10.2 Å². The molecule has 0 aliphatic heterocycles. The molecular formula is C19H16ClFN4O3S2. The minimum absolute atomic E-state index is 0.00225. The van der Waals surface area contributed by atoms with Gasteiger partial charge in [0, 0.05) is 5.69 Å². The smallest absolute Gasteiger partial charge is 0.261 e. The number of hydrogen-bond acceptors (Lipinski definition) is 7. The molecule has 1 aromatic heterocycles. The summed E-state index contributed by atoms with van der Waals surface area (Å²) in [7, 11) is 0. The van der Waals surface area contributed by atoms with Gasteiger partial charge >= 0.3 is 0 Å². The Morgan fingerprint density at radius 1 is 1.17 bits per heavy atom. The summed E-state index contributed by atoms with van der Waals surface area (Å²) >= 11 is 8.12. The van der Waals surface area contributed by atoms with Gasteiger partial charge in [-0.25, -0.2) is 4.39 Å². The van der Waals surface area contributed by atoms with Crippen molar-refractivity contribution < 1.29 is 18.7 Å². The fraction of sp³-hybridized carbons (Fsp3) is 0.158. The zero-order valence-corrected chi connectivity index (χ0v) is 18.0. The molecule has 2 aromatic carbocycles. The van der Waals surface area contributed by atoms with Crippen LogP contribution in [-0.2, 0) is 4.79 Å². The second-order valence-electron chi connectivity index (χ2n) is 5.72. The minimum Gasteiger partial charge on any atom is -0.494 e. The first-order chi connectivity index (χ1) is 14.5. The minimum atomic E-state index is -0.731. The second kappa shape index (κ2) is 10.4. The number of anilines is 2. The molecule has 0 saturated carbocycles. The Morgan fingerprint density at radius 2 is 1.93 bits per heavy atom. The molecule has 0 aliphatic carbocycles. The van der Waals surface area contributed by atoms with Crippen LogP contribution in [0.2, 0.25) is 5.02 Å². The lowest BCUT2D eigenvalue weighted by Crippen LogP contribution is -2.14. The number of carbonyl (C=O) groups excluding carboxylic acids is 2. The predicted molar refractivity (Wildman–Crippen MR) is 116 cm³/mol. The van der Waals surface area contributed by atoms with E-state index in [9.17, 15) is 14.0 Å². The van der Waals surface area contributed by atoms with Crippen molar-refractivity contribution in [2.45, 2.75) is 11.3 Å². The highest BCUT2D eigenvalue weighted by atomic mass is 35.5. The maximum absolute atomic E-state index is 13.8. The van der Waals surface area contributed by atoms with Gasteiger partial charge in [-0.3, -0.25) is 14.9 Å². The number of halogens is 2. The molecule has 0 unspecified atom stereocenters. The summed E-state index contributed by atoms with van der Waals surface area (Å²) < 4.78 is 19.7. The predicted octanol–water partition coefficient (Wildman–Crippen LogP) is 4.71. The lowest BCUT2D eigenvalue weighted by Gasteiger charge is -2.06. The number of nitrogens with zero attached hydrogens (tertiary/aromatic N) is 2. The number of aromatic nitrogens is 2. The van der Waals surface area contributed by atoms with E-state index in [1.54, 1.807) is 24.3 Å². The molecule has 3 aromatic rings. The van der Waals surface area contributed by atoms with Crippen LogP contribution < -0.4 is 15.4 Å². The summed E-state index contributed by atoms with van der Waals surface area (Å²) in [5.74, 6) is -0.841. The standard InChI is InChI=1S/C19H16ClFN4O3S2/c1-2-28-12-8-6-11(7-9-12)22-15(26)10-29-19-25-24-18(30-19)23-17(27)16-13(20)4-3-5-14(16)21/h3-9H,2,10H2,1H3,(H,22,26)(H,23,24,27). The lowest BCUT2D eigenvalue weighted by atomic mass is 10.2. The Kier molecular flexibility index (Phi) is 7.61. The molecule has 0 atom stereocenters. The number of ether oxygens (including phenoxy) is 1. The molecule has 7 nitrogen and oxygen atoms in total. The van der Waals surface area contributed by atoms with E-state index >= 15 is 0 Å². The Morgan fingerprint density at radius 3 is 2.63 bits per heavy atom. The molecule has 30 heavy (non-hydrogen) atoms. The van der Waals surface area contributed by atoms with Crippen LogP contribution in [0.5, 0.6) is 5.75 Å². The van der Waals surface area contributed by atoms with Crippen LogP contribution in [0.25, 0.3) is 0 Å². The molecule has 0 radical (unpaired) electrons. The fourth-order valence-corrected chi connectivity index (χ4v) is 4.11. The van der Waals surface area contributed by atoms with Crippen molar-refractivity contribution in [2.24, 2.45) is 0 Å². The molecule has 11 heteroatoms. The van der Waals surface area contributed by atoms with Crippen LogP contribution in [0.15, 0.2) is 46.8 Å². The van der Waals surface area contributed by atoms with Crippen LogP contribution in [0, 0.1) is 5.82 Å². The summed E-state index contributed by atoms with van der Waals surface area (Å²) in [4.78, 5) is 24.3. The molecule has 0 aliphatic rings. The van der Waals surface area contributed by atoms with Gasteiger partial charge in [-0.05, 0) is 43.3 Å². The highest BCUT2D eigenvalue weighted by molar-refractivity contribution is 8.01. The number of carbonyl (C=O) groups is 2. The molecule has 1 heterocycles. The van der Waals surface area contributed by atoms with Gasteiger partial charge in [-0.15, -0.1) is 10.2 Å². The van der Waals surface area contributed by atoms with Gasteiger partial charge in [0.2, 0.25) is 11.0 Å². The number of amides is 2. The van der Waals surface area contributed by atoms with Crippen LogP contribution in [-0.4, -0.2) is 34.4 Å². The zero-order valence-electron chi connectivity index (χ0n) is 15.6. The normalized spacial score (nSPS) is 10.5. The van der Waals surface area contributed by atoms with Crippen LogP contribution in [0.3, 0.4) is 0 Å². The number of nitrogens with one attached hydrogen (secondary N) is 2. The van der Waals surface area contributed by atoms with Crippen molar-refractivity contribution >= 4 is 57.3 Å². The SMILES string of the molecule is CCOc1ccc(NC(=O)CSc2nnc(NC(=O)c3c(F)cccc3Cl)s2)cc1. The van der Waals surface area contributed by atoms with E-state index in [4.69, 9.17) is 16.3 Å². The zero-order chi connectivity index (χ0) is 21.5. The van der Waals surface area contributed by atoms with Gasteiger partial charge in [-0.2, -0.15) is 0 Å². The van der Waals surface area contributed by atoms with Crippen molar-refractivity contribution in [1.29, 1.82) is 0 Å². The number of hydrogen-bond donors (Lipinski definition) is 2. The quantitative estimate of drug-likeness (QED) is 0.369. The first-order valence-corrected chi connectivity index (χ1v) is 10.9. The Hall–Kier alpha value is -2.69. The van der Waals surface area contributed by atoms with E-state index in [1.165, 1.54) is 23.9 Å². The first kappa shape index (κ1) is 22.0. The van der Waals surface area contributed by atoms with E-state index in [1.807, 2.05) is 6.92 Å². The van der Waals surface area contributed by atoms with Crippen molar-refractivity contribution in [3.63, 3.8) is 0 Å². The van der Waals surface area contributed by atoms with Crippen LogP contribution >= 0.6 is 34.7 Å². The largest absolute Gasteiger partial charge is 0.494 e. The third-order valence-electron chi connectivity index (χ3n) is 3.59. The van der Waals surface area contributed by atoms with Gasteiger partial charge < -0.3 is 10.1 Å². The third-order valence-corrected chi connectivity index (χ3v) is 5.88. The van der Waals surface area contributed by atoms with Crippen LogP contribution in [0.1, 0.15) is 17.3 Å². The average molecular weight is 467 g/mol. The molecule has 3 rings (SSSR count). The molecule has 156 valence electrons. The number of benzene rings is 2. The van der Waals surface area contributed by atoms with E-state index in [-0.39, 0.29) is 27.4 Å². The van der Waals surface area contributed by atoms with Gasteiger partial charge in [0.25, 0.3) is 5.91 Å². The monoisotopic (exact) mass is 466 g/mol. The molecular weight excluding hydrogens is 451 g/mol. The van der Waals surface area contributed by atoms with Gasteiger partial charge in [0.05, 0.1) is 22.9 Å². The fourth-order valence-electron chi connectivity index (χ4n) is 2.32. The molecule has 0 fully saturated rings. The maximum Gasteiger partial charge on any atom is 0.261 e. The molecule has 0 bridgehead atoms. The van der Waals surface area contributed by atoms with Crippen molar-refractivity contribution in [3.8, 4) is 5.75 Å². The van der Waals surface area contributed by atoms with E-state index < -0.39 is 11.7 Å². The van der Waals surface area contributed by atoms with Gasteiger partial charge in [0.15, 0.2) is 4.34 Å². The molecule has 0 saturated heterocycles.